The Morgan fingerprint density at radius 3 is 2.91 bits per heavy atom. The molecule has 2 aromatic rings. The van der Waals surface area contributed by atoms with Crippen molar-refractivity contribution < 1.29 is 4.79 Å². The molecule has 1 amide bonds. The number of nitrogens with zero attached hydrogens (tertiary/aromatic N) is 1. The standard InChI is InChI=1S/C19H18N2OS/c1-12(22)21-19-18(16-9-10-20-11-17(16)23-19)15-8-4-6-13-5-2-3-7-14(13)15/h2-8,10-11,16,18-19H,9H2,1H3,(H,21,22). The lowest BCUT2D eigenvalue weighted by atomic mass is 9.81. The van der Waals surface area contributed by atoms with Crippen LogP contribution in [-0.2, 0) is 4.79 Å². The molecular formula is C19H18N2OS. The van der Waals surface area contributed by atoms with Crippen molar-refractivity contribution in [2.75, 3.05) is 0 Å². The summed E-state index contributed by atoms with van der Waals surface area (Å²) in [5.74, 6) is 0.695. The van der Waals surface area contributed by atoms with Crippen molar-refractivity contribution in [3.8, 4) is 0 Å². The molecule has 0 aliphatic carbocycles. The van der Waals surface area contributed by atoms with E-state index in [9.17, 15) is 4.79 Å². The van der Waals surface area contributed by atoms with Gasteiger partial charge in [-0.3, -0.25) is 9.79 Å². The fourth-order valence-corrected chi connectivity index (χ4v) is 5.17. The Morgan fingerprint density at radius 1 is 1.22 bits per heavy atom. The number of thioether (sulfide) groups is 1. The zero-order valence-electron chi connectivity index (χ0n) is 12.9. The summed E-state index contributed by atoms with van der Waals surface area (Å²) < 4.78 is 0. The first-order chi connectivity index (χ1) is 11.2. The molecule has 0 radical (unpaired) electrons. The second-order valence-corrected chi connectivity index (χ2v) is 7.25. The molecule has 0 saturated carbocycles. The largest absolute Gasteiger partial charge is 0.344 e. The van der Waals surface area contributed by atoms with Crippen molar-refractivity contribution in [3.63, 3.8) is 0 Å². The smallest absolute Gasteiger partial charge is 0.217 e. The van der Waals surface area contributed by atoms with Gasteiger partial charge in [-0.25, -0.2) is 0 Å². The topological polar surface area (TPSA) is 41.5 Å². The van der Waals surface area contributed by atoms with E-state index in [4.69, 9.17) is 0 Å². The summed E-state index contributed by atoms with van der Waals surface area (Å²) in [6, 6.07) is 14.9. The maximum absolute atomic E-state index is 11.7. The Morgan fingerprint density at radius 2 is 2.04 bits per heavy atom. The number of aliphatic imine (C=N–C) groups is 1. The highest BCUT2D eigenvalue weighted by atomic mass is 32.2. The third-order valence-corrected chi connectivity index (χ3v) is 5.93. The van der Waals surface area contributed by atoms with E-state index in [0.717, 1.165) is 6.42 Å². The predicted octanol–water partition coefficient (Wildman–Crippen LogP) is 4.06. The molecule has 1 saturated heterocycles. The molecule has 0 bridgehead atoms. The van der Waals surface area contributed by atoms with Crippen LogP contribution >= 0.6 is 11.8 Å². The zero-order chi connectivity index (χ0) is 15.8. The Labute approximate surface area is 139 Å². The molecule has 2 aliphatic rings. The first-order valence-corrected chi connectivity index (χ1v) is 8.75. The molecule has 1 fully saturated rings. The zero-order valence-corrected chi connectivity index (χ0v) is 13.7. The minimum absolute atomic E-state index is 0.0212. The second kappa shape index (κ2) is 5.85. The molecule has 3 unspecified atom stereocenters. The van der Waals surface area contributed by atoms with Crippen LogP contribution in [0.5, 0.6) is 0 Å². The van der Waals surface area contributed by atoms with E-state index in [-0.39, 0.29) is 17.2 Å². The predicted molar refractivity (Wildman–Crippen MR) is 96.6 cm³/mol. The summed E-state index contributed by atoms with van der Waals surface area (Å²) in [4.78, 5) is 17.3. The van der Waals surface area contributed by atoms with Gasteiger partial charge >= 0.3 is 0 Å². The summed E-state index contributed by atoms with van der Waals surface area (Å²) in [5.41, 5.74) is 1.32. The molecule has 2 heterocycles. The quantitative estimate of drug-likeness (QED) is 0.906. The fourth-order valence-electron chi connectivity index (χ4n) is 3.63. The van der Waals surface area contributed by atoms with Crippen LogP contribution in [0.3, 0.4) is 0 Å². The first-order valence-electron chi connectivity index (χ1n) is 7.87. The lowest BCUT2D eigenvalue weighted by Crippen LogP contribution is -2.34. The number of nitrogens with one attached hydrogen (secondary N) is 1. The highest BCUT2D eigenvalue weighted by Crippen LogP contribution is 2.53. The number of allylic oxidation sites excluding steroid dienone is 1. The van der Waals surface area contributed by atoms with Crippen molar-refractivity contribution in [2.45, 2.75) is 24.6 Å². The number of carbonyl (C=O) groups excluding carboxylic acids is 1. The van der Waals surface area contributed by atoms with Gasteiger partial charge in [0.25, 0.3) is 0 Å². The monoisotopic (exact) mass is 322 g/mol. The number of hydrogen-bond donors (Lipinski definition) is 1. The van der Waals surface area contributed by atoms with E-state index in [1.807, 2.05) is 12.4 Å². The number of fused-ring (bicyclic) bond motifs is 2. The van der Waals surface area contributed by atoms with Crippen LogP contribution in [0.4, 0.5) is 0 Å². The summed E-state index contributed by atoms with van der Waals surface area (Å²) >= 11 is 1.75. The molecule has 2 aromatic carbocycles. The third-order valence-electron chi connectivity index (χ3n) is 4.58. The molecular weight excluding hydrogens is 304 g/mol. The molecule has 23 heavy (non-hydrogen) atoms. The van der Waals surface area contributed by atoms with E-state index in [1.54, 1.807) is 18.7 Å². The van der Waals surface area contributed by atoms with Crippen molar-refractivity contribution in [3.05, 3.63) is 59.1 Å². The summed E-state index contributed by atoms with van der Waals surface area (Å²) in [6.07, 6.45) is 4.88. The van der Waals surface area contributed by atoms with Gasteiger partial charge in [-0.05, 0) is 22.8 Å². The molecule has 4 rings (SSSR count). The molecule has 2 aliphatic heterocycles. The van der Waals surface area contributed by atoms with Crippen molar-refractivity contribution in [1.82, 2.24) is 5.32 Å². The Hall–Kier alpha value is -2.07. The number of amides is 1. The lowest BCUT2D eigenvalue weighted by molar-refractivity contribution is -0.119. The van der Waals surface area contributed by atoms with Gasteiger partial charge in [0.1, 0.15) is 0 Å². The number of benzene rings is 2. The third kappa shape index (κ3) is 2.57. The SMILES string of the molecule is CC(=O)NC1SC2=CN=CCC2C1c1cccc2ccccc12. The molecule has 116 valence electrons. The Balaban J connectivity index is 1.84. The highest BCUT2D eigenvalue weighted by molar-refractivity contribution is 8.04. The second-order valence-electron chi connectivity index (χ2n) is 6.04. The minimum atomic E-state index is 0.0212. The van der Waals surface area contributed by atoms with E-state index in [0.29, 0.717) is 5.92 Å². The first kappa shape index (κ1) is 14.5. The summed E-state index contributed by atoms with van der Waals surface area (Å²) in [7, 11) is 0. The van der Waals surface area contributed by atoms with Gasteiger partial charge in [0.2, 0.25) is 5.91 Å². The summed E-state index contributed by atoms with van der Waals surface area (Å²) in [5, 5.41) is 5.73. The Bertz CT molecular complexity index is 822. The Kier molecular flexibility index (Phi) is 3.69. The molecule has 3 atom stereocenters. The van der Waals surface area contributed by atoms with Gasteiger partial charge in [0, 0.05) is 36.1 Å². The van der Waals surface area contributed by atoms with E-state index in [1.165, 1.54) is 21.2 Å². The van der Waals surface area contributed by atoms with Gasteiger partial charge in [-0.1, -0.05) is 42.5 Å². The normalized spacial score (nSPS) is 26.0. The van der Waals surface area contributed by atoms with Crippen LogP contribution in [0.2, 0.25) is 0 Å². The van der Waals surface area contributed by atoms with Crippen LogP contribution in [-0.4, -0.2) is 17.5 Å². The van der Waals surface area contributed by atoms with Gasteiger partial charge in [-0.15, -0.1) is 11.8 Å². The lowest BCUT2D eigenvalue weighted by Gasteiger charge is -2.25. The van der Waals surface area contributed by atoms with Crippen LogP contribution in [0.25, 0.3) is 10.8 Å². The van der Waals surface area contributed by atoms with E-state index in [2.05, 4.69) is 52.8 Å². The van der Waals surface area contributed by atoms with Crippen LogP contribution in [0, 0.1) is 5.92 Å². The molecule has 1 N–H and O–H groups in total. The van der Waals surface area contributed by atoms with Crippen molar-refractivity contribution in [2.24, 2.45) is 10.9 Å². The molecule has 0 aromatic heterocycles. The van der Waals surface area contributed by atoms with Crippen LogP contribution in [0.15, 0.2) is 58.6 Å². The maximum atomic E-state index is 11.7. The van der Waals surface area contributed by atoms with Gasteiger partial charge in [-0.2, -0.15) is 0 Å². The van der Waals surface area contributed by atoms with Gasteiger partial charge in [0.05, 0.1) is 5.37 Å². The molecule has 4 heteroatoms. The molecule has 0 spiro atoms. The van der Waals surface area contributed by atoms with Crippen LogP contribution < -0.4 is 5.32 Å². The minimum Gasteiger partial charge on any atom is -0.344 e. The number of hydrogen-bond acceptors (Lipinski definition) is 3. The van der Waals surface area contributed by atoms with E-state index < -0.39 is 0 Å². The fraction of sp³-hybridized carbons (Fsp3) is 0.263. The van der Waals surface area contributed by atoms with Crippen LogP contribution in [0.1, 0.15) is 24.8 Å². The van der Waals surface area contributed by atoms with Crippen molar-refractivity contribution >= 4 is 34.7 Å². The highest BCUT2D eigenvalue weighted by Gasteiger charge is 2.42. The van der Waals surface area contributed by atoms with Crippen molar-refractivity contribution in [1.29, 1.82) is 0 Å². The maximum Gasteiger partial charge on any atom is 0.217 e. The average Bonchev–Trinajstić information content (AvgIpc) is 2.91. The summed E-state index contributed by atoms with van der Waals surface area (Å²) in [6.45, 7) is 1.59. The number of carbonyl (C=O) groups is 1. The van der Waals surface area contributed by atoms with Gasteiger partial charge in [0.15, 0.2) is 0 Å². The number of rotatable bonds is 2. The van der Waals surface area contributed by atoms with Gasteiger partial charge < -0.3 is 5.32 Å². The average molecular weight is 322 g/mol. The van der Waals surface area contributed by atoms with E-state index >= 15 is 0 Å². The molecule has 3 nitrogen and oxygen atoms in total.